The highest BCUT2D eigenvalue weighted by Crippen LogP contribution is 2.35. The van der Waals surface area contributed by atoms with Gasteiger partial charge in [-0.05, 0) is 61.6 Å². The Morgan fingerprint density at radius 3 is 2.32 bits per heavy atom. The number of amides is 1. The van der Waals surface area contributed by atoms with E-state index in [0.717, 1.165) is 31.5 Å². The fourth-order valence-corrected chi connectivity index (χ4v) is 6.35. The quantitative estimate of drug-likeness (QED) is 0.435. The summed E-state index contributed by atoms with van der Waals surface area (Å²) in [5, 5.41) is 11.8. The van der Waals surface area contributed by atoms with Crippen molar-refractivity contribution in [3.05, 3.63) is 57.6 Å². The lowest BCUT2D eigenvalue weighted by molar-refractivity contribution is -0.384. The van der Waals surface area contributed by atoms with Crippen LogP contribution in [0.2, 0.25) is 0 Å². The van der Waals surface area contributed by atoms with Crippen molar-refractivity contribution in [2.45, 2.75) is 44.4 Å². The monoisotopic (exact) mass is 486 g/mol. The fourth-order valence-electron chi connectivity index (χ4n) is 4.84. The Labute approximate surface area is 200 Å². The first-order valence-electron chi connectivity index (χ1n) is 11.8. The van der Waals surface area contributed by atoms with Crippen LogP contribution in [-0.4, -0.2) is 56.3 Å². The first-order valence-corrected chi connectivity index (χ1v) is 13.2. The van der Waals surface area contributed by atoms with Crippen LogP contribution in [0.3, 0.4) is 0 Å². The van der Waals surface area contributed by atoms with Crippen LogP contribution in [0.15, 0.2) is 41.3 Å². The lowest BCUT2D eigenvalue weighted by atomic mass is 10.0. The second-order valence-corrected chi connectivity index (χ2v) is 10.5. The van der Waals surface area contributed by atoms with Gasteiger partial charge in [-0.15, -0.1) is 0 Å². The van der Waals surface area contributed by atoms with Crippen molar-refractivity contribution >= 4 is 33.0 Å². The lowest BCUT2D eigenvalue weighted by Crippen LogP contribution is -2.36. The average molecular weight is 487 g/mol. The zero-order valence-corrected chi connectivity index (χ0v) is 20.4. The van der Waals surface area contributed by atoms with Gasteiger partial charge in [0.05, 0.1) is 9.82 Å². The van der Waals surface area contributed by atoms with E-state index in [0.29, 0.717) is 43.9 Å². The van der Waals surface area contributed by atoms with Crippen molar-refractivity contribution in [1.29, 1.82) is 0 Å². The summed E-state index contributed by atoms with van der Waals surface area (Å²) in [4.78, 5) is 28.5. The number of nitro benzene ring substituents is 1. The Morgan fingerprint density at radius 2 is 1.68 bits per heavy atom. The molecule has 1 amide bonds. The van der Waals surface area contributed by atoms with Crippen LogP contribution >= 0.6 is 0 Å². The molecule has 0 radical (unpaired) electrons. The maximum absolute atomic E-state index is 13.4. The lowest BCUT2D eigenvalue weighted by Gasteiger charge is -2.30. The summed E-state index contributed by atoms with van der Waals surface area (Å²) in [7, 11) is -3.60. The molecular weight excluding hydrogens is 456 g/mol. The molecule has 0 N–H and O–H groups in total. The second kappa shape index (κ2) is 9.71. The summed E-state index contributed by atoms with van der Waals surface area (Å²) in [6.07, 6.45) is 3.33. The number of carbonyl (C=O) groups is 1. The number of fused-ring (bicyclic) bond motifs is 1. The summed E-state index contributed by atoms with van der Waals surface area (Å²) < 4.78 is 27.3. The maximum atomic E-state index is 13.4. The van der Waals surface area contributed by atoms with Gasteiger partial charge in [-0.2, -0.15) is 4.31 Å². The van der Waals surface area contributed by atoms with Gasteiger partial charge in [-0.1, -0.05) is 13.8 Å². The normalized spacial score (nSPS) is 16.1. The number of hydrogen-bond donors (Lipinski definition) is 0. The molecule has 2 aromatic carbocycles. The summed E-state index contributed by atoms with van der Waals surface area (Å²) in [6.45, 7) is 6.37. The molecule has 0 atom stereocenters. The second-order valence-electron chi connectivity index (χ2n) is 8.59. The van der Waals surface area contributed by atoms with Gasteiger partial charge in [0, 0.05) is 50.0 Å². The van der Waals surface area contributed by atoms with Crippen molar-refractivity contribution < 1.29 is 18.1 Å². The van der Waals surface area contributed by atoms with E-state index in [9.17, 15) is 23.3 Å². The highest BCUT2D eigenvalue weighted by Gasteiger charge is 2.29. The van der Waals surface area contributed by atoms with Crippen molar-refractivity contribution in [3.8, 4) is 0 Å². The molecule has 10 heteroatoms. The molecule has 9 nitrogen and oxygen atoms in total. The third-order valence-electron chi connectivity index (χ3n) is 6.62. The van der Waals surface area contributed by atoms with Gasteiger partial charge in [0.25, 0.3) is 11.6 Å². The fraction of sp³-hybridized carbons (Fsp3) is 0.458. The van der Waals surface area contributed by atoms with E-state index in [1.165, 1.54) is 16.4 Å². The van der Waals surface area contributed by atoms with Crippen molar-refractivity contribution in [2.75, 3.05) is 42.5 Å². The first-order chi connectivity index (χ1) is 16.3. The molecule has 34 heavy (non-hydrogen) atoms. The van der Waals surface area contributed by atoms with E-state index in [4.69, 9.17) is 0 Å². The first kappa shape index (κ1) is 24.2. The minimum Gasteiger partial charge on any atom is -0.366 e. The Kier molecular flexibility index (Phi) is 6.90. The molecule has 2 heterocycles. The average Bonchev–Trinajstić information content (AvgIpc) is 3.38. The highest BCUT2D eigenvalue weighted by atomic mass is 32.2. The van der Waals surface area contributed by atoms with Crippen LogP contribution in [0.1, 0.15) is 49.0 Å². The van der Waals surface area contributed by atoms with Gasteiger partial charge in [0.2, 0.25) is 10.0 Å². The molecule has 0 unspecified atom stereocenters. The predicted octanol–water partition coefficient (Wildman–Crippen LogP) is 3.82. The Bertz CT molecular complexity index is 1200. The molecule has 1 saturated heterocycles. The van der Waals surface area contributed by atoms with Crippen LogP contribution in [0.25, 0.3) is 0 Å². The van der Waals surface area contributed by atoms with E-state index in [-0.39, 0.29) is 22.1 Å². The topological polar surface area (TPSA) is 104 Å². The molecule has 2 aliphatic rings. The largest absolute Gasteiger partial charge is 0.366 e. The van der Waals surface area contributed by atoms with Crippen molar-refractivity contribution in [2.24, 2.45) is 0 Å². The van der Waals surface area contributed by atoms with Gasteiger partial charge in [0.1, 0.15) is 5.69 Å². The molecule has 0 spiro atoms. The van der Waals surface area contributed by atoms with Gasteiger partial charge in [-0.25, -0.2) is 8.42 Å². The van der Waals surface area contributed by atoms with Crippen LogP contribution in [-0.2, 0) is 16.4 Å². The maximum Gasteiger partial charge on any atom is 0.293 e. The number of nitrogens with zero attached hydrogens (tertiary/aromatic N) is 4. The summed E-state index contributed by atoms with van der Waals surface area (Å²) in [5.74, 6) is -0.323. The zero-order valence-electron chi connectivity index (χ0n) is 19.6. The number of sulfonamides is 1. The molecule has 1 fully saturated rings. The van der Waals surface area contributed by atoms with Crippen LogP contribution < -0.4 is 9.80 Å². The molecule has 0 saturated carbocycles. The molecular formula is C24H30N4O5S. The minimum absolute atomic E-state index is 0.0642. The smallest absolute Gasteiger partial charge is 0.293 e. The van der Waals surface area contributed by atoms with E-state index in [1.54, 1.807) is 43.0 Å². The van der Waals surface area contributed by atoms with Crippen LogP contribution in [0.5, 0.6) is 0 Å². The summed E-state index contributed by atoms with van der Waals surface area (Å²) in [5.41, 5.74) is 2.18. The number of benzene rings is 2. The molecule has 182 valence electrons. The van der Waals surface area contributed by atoms with E-state index >= 15 is 0 Å². The third kappa shape index (κ3) is 4.39. The number of aryl methyl sites for hydroxylation is 1. The van der Waals surface area contributed by atoms with Gasteiger partial charge < -0.3 is 9.80 Å². The highest BCUT2D eigenvalue weighted by molar-refractivity contribution is 7.89. The minimum atomic E-state index is -3.60. The molecule has 0 bridgehead atoms. The van der Waals surface area contributed by atoms with E-state index < -0.39 is 14.9 Å². The number of hydrogen-bond acceptors (Lipinski definition) is 6. The Hall–Kier alpha value is -2.98. The van der Waals surface area contributed by atoms with Gasteiger partial charge >= 0.3 is 0 Å². The molecule has 0 aromatic heterocycles. The summed E-state index contributed by atoms with van der Waals surface area (Å²) >= 11 is 0. The molecule has 2 aromatic rings. The predicted molar refractivity (Wildman–Crippen MR) is 131 cm³/mol. The third-order valence-corrected chi connectivity index (χ3v) is 8.67. The standard InChI is InChI=1S/C24H30N4O5S/c1-3-26(4-2)34(32,33)20-10-12-21-18(16-20)8-7-15-27(21)24(29)19-9-11-22(23(17-19)28(30)31)25-13-5-6-14-25/h9-12,16-17H,3-8,13-15H2,1-2H3. The Morgan fingerprint density at radius 1 is 1.00 bits per heavy atom. The van der Waals surface area contributed by atoms with Crippen LogP contribution in [0, 0.1) is 10.1 Å². The van der Waals surface area contributed by atoms with Crippen LogP contribution in [0.4, 0.5) is 17.1 Å². The van der Waals surface area contributed by atoms with E-state index in [1.807, 2.05) is 4.90 Å². The van der Waals surface area contributed by atoms with Crippen molar-refractivity contribution in [1.82, 2.24) is 4.31 Å². The van der Waals surface area contributed by atoms with Gasteiger partial charge in [0.15, 0.2) is 0 Å². The SMILES string of the molecule is CCN(CC)S(=O)(=O)c1ccc2c(c1)CCCN2C(=O)c1ccc(N2CCCC2)c([N+](=O)[O-])c1. The molecule has 4 rings (SSSR count). The number of anilines is 2. The van der Waals surface area contributed by atoms with Crippen molar-refractivity contribution in [3.63, 3.8) is 0 Å². The van der Waals surface area contributed by atoms with E-state index in [2.05, 4.69) is 0 Å². The molecule has 0 aliphatic carbocycles. The number of carbonyl (C=O) groups excluding carboxylic acids is 1. The molecule has 2 aliphatic heterocycles. The zero-order chi connectivity index (χ0) is 24.5. The number of rotatable bonds is 7. The Balaban J connectivity index is 1.66. The summed E-state index contributed by atoms with van der Waals surface area (Å²) in [6, 6.07) is 9.55. The number of nitro groups is 1. The van der Waals surface area contributed by atoms with Gasteiger partial charge in [-0.3, -0.25) is 14.9 Å².